The van der Waals surface area contributed by atoms with Crippen molar-refractivity contribution in [3.05, 3.63) is 0 Å². The minimum atomic E-state index is 0. The van der Waals surface area contributed by atoms with Crippen LogP contribution in [0, 0.1) is 0 Å². The van der Waals surface area contributed by atoms with E-state index in [1.165, 1.54) is 0 Å². The molecular weight excluding hydrogens is 162 g/mol. The minimum absolute atomic E-state index is 0. The molecule has 0 aromatic heterocycles. The van der Waals surface area contributed by atoms with Crippen LogP contribution in [0.2, 0.25) is 0 Å². The maximum absolute atomic E-state index is 10.7. The Balaban J connectivity index is -0.000000216. The molecule has 1 saturated heterocycles. The molecule has 2 unspecified atom stereocenters. The molecule has 0 aromatic carbocycles. The van der Waals surface area contributed by atoms with Gasteiger partial charge in [0, 0.05) is 7.47 Å². The van der Waals surface area contributed by atoms with Crippen molar-refractivity contribution >= 4 is 5.78 Å². The van der Waals surface area contributed by atoms with Gasteiger partial charge in [-0.05, 0) is 26.7 Å². The van der Waals surface area contributed by atoms with Crippen molar-refractivity contribution < 1.29 is 6.22 Å². The Bertz CT molecular complexity index is 128. The van der Waals surface area contributed by atoms with E-state index >= 15 is 0 Å². The molecule has 1 aliphatic rings. The van der Waals surface area contributed by atoms with Gasteiger partial charge in [-0.15, -0.1) is 0 Å². The number of carbonyl (C=O) groups is 1. The highest BCUT2D eigenvalue weighted by atomic mass is 16.1. The molecule has 0 aliphatic carbocycles. The van der Waals surface area contributed by atoms with Gasteiger partial charge in [0.15, 0.2) is 0 Å². The Labute approximate surface area is 84.6 Å². The minimum Gasteiger partial charge on any atom is -0.305 e. The molecule has 0 radical (unpaired) electrons. The van der Waals surface area contributed by atoms with Crippen LogP contribution in [-0.4, -0.2) is 17.9 Å². The highest BCUT2D eigenvalue weighted by Crippen LogP contribution is 2.11. The second-order valence-electron chi connectivity index (χ2n) is 2.81. The fraction of sp³-hybridized carbons (Fsp3) is 0.909. The SMILES string of the molecule is CC.CC.CC(=O)C1CCC(C)N1.[HH]. The molecule has 0 amide bonds. The molecule has 0 bridgehead atoms. The van der Waals surface area contributed by atoms with Gasteiger partial charge in [-0.2, -0.15) is 0 Å². The zero-order valence-corrected chi connectivity index (χ0v) is 9.98. The van der Waals surface area contributed by atoms with Gasteiger partial charge in [0.1, 0.15) is 5.78 Å². The first-order valence-corrected chi connectivity index (χ1v) is 5.46. The van der Waals surface area contributed by atoms with E-state index in [0.717, 1.165) is 12.8 Å². The fourth-order valence-electron chi connectivity index (χ4n) is 1.25. The van der Waals surface area contributed by atoms with Crippen LogP contribution in [0.1, 0.15) is 55.8 Å². The zero-order chi connectivity index (χ0) is 10.9. The zero-order valence-electron chi connectivity index (χ0n) is 9.98. The van der Waals surface area contributed by atoms with Gasteiger partial charge < -0.3 is 5.32 Å². The van der Waals surface area contributed by atoms with E-state index in [4.69, 9.17) is 0 Å². The van der Waals surface area contributed by atoms with Crippen LogP contribution in [0.4, 0.5) is 0 Å². The summed E-state index contributed by atoms with van der Waals surface area (Å²) in [6.45, 7) is 11.8. The first kappa shape index (κ1) is 15.1. The Morgan fingerprint density at radius 3 is 1.85 bits per heavy atom. The highest BCUT2D eigenvalue weighted by Gasteiger charge is 2.22. The lowest BCUT2D eigenvalue weighted by atomic mass is 10.1. The molecule has 82 valence electrons. The first-order valence-electron chi connectivity index (χ1n) is 5.46. The van der Waals surface area contributed by atoms with Gasteiger partial charge in [0.05, 0.1) is 6.04 Å². The Hall–Kier alpha value is -0.370. The van der Waals surface area contributed by atoms with Crippen molar-refractivity contribution in [3.63, 3.8) is 0 Å². The molecule has 1 N–H and O–H groups in total. The van der Waals surface area contributed by atoms with Crippen LogP contribution in [0.3, 0.4) is 0 Å². The van der Waals surface area contributed by atoms with Crippen LogP contribution in [-0.2, 0) is 4.79 Å². The predicted molar refractivity (Wildman–Crippen MR) is 61.1 cm³/mol. The van der Waals surface area contributed by atoms with E-state index in [-0.39, 0.29) is 13.3 Å². The largest absolute Gasteiger partial charge is 0.305 e. The van der Waals surface area contributed by atoms with Gasteiger partial charge in [-0.25, -0.2) is 0 Å². The van der Waals surface area contributed by atoms with E-state index in [1.54, 1.807) is 6.92 Å². The summed E-state index contributed by atoms with van der Waals surface area (Å²) in [5.41, 5.74) is 0. The summed E-state index contributed by atoms with van der Waals surface area (Å²) in [6.07, 6.45) is 2.17. The lowest BCUT2D eigenvalue weighted by Crippen LogP contribution is -2.32. The molecule has 0 aromatic rings. The molecule has 0 saturated carbocycles. The quantitative estimate of drug-likeness (QED) is 0.687. The molecule has 13 heavy (non-hydrogen) atoms. The van der Waals surface area contributed by atoms with E-state index in [9.17, 15) is 4.79 Å². The standard InChI is InChI=1S/C7H13NO.2C2H6.H2/c1-5-3-4-7(8-5)6(2)9;2*1-2;/h5,7-8H,3-4H2,1-2H3;2*1-2H3;1H. The van der Waals surface area contributed by atoms with Crippen molar-refractivity contribution in [1.29, 1.82) is 0 Å². The number of nitrogens with one attached hydrogen (secondary N) is 1. The topological polar surface area (TPSA) is 29.1 Å². The Kier molecular flexibility index (Phi) is 11.3. The summed E-state index contributed by atoms with van der Waals surface area (Å²) in [5.74, 6) is 0.277. The summed E-state index contributed by atoms with van der Waals surface area (Å²) < 4.78 is 0. The summed E-state index contributed by atoms with van der Waals surface area (Å²) in [6, 6.07) is 0.693. The molecule has 1 rings (SSSR count). The lowest BCUT2D eigenvalue weighted by Gasteiger charge is -2.05. The van der Waals surface area contributed by atoms with Gasteiger partial charge in [0.2, 0.25) is 0 Å². The number of hydrogen-bond acceptors (Lipinski definition) is 2. The number of rotatable bonds is 1. The number of Topliss-reactive ketones (excluding diaryl/α,β-unsaturated/α-hetero) is 1. The summed E-state index contributed by atoms with van der Waals surface area (Å²) >= 11 is 0. The van der Waals surface area contributed by atoms with E-state index in [0.29, 0.717) is 6.04 Å². The van der Waals surface area contributed by atoms with Crippen molar-refractivity contribution in [3.8, 4) is 0 Å². The third kappa shape index (κ3) is 6.76. The molecule has 1 fully saturated rings. The smallest absolute Gasteiger partial charge is 0.146 e. The van der Waals surface area contributed by atoms with Crippen LogP contribution < -0.4 is 5.32 Å². The van der Waals surface area contributed by atoms with E-state index in [1.807, 2.05) is 27.7 Å². The predicted octanol–water partition coefficient (Wildman–Crippen LogP) is 3.01. The molecule has 1 heterocycles. The molecule has 0 spiro atoms. The molecular formula is C11H27NO. The van der Waals surface area contributed by atoms with Crippen molar-refractivity contribution in [2.24, 2.45) is 0 Å². The maximum atomic E-state index is 10.7. The van der Waals surface area contributed by atoms with Crippen LogP contribution in [0.25, 0.3) is 0 Å². The number of ketones is 1. The van der Waals surface area contributed by atoms with E-state index < -0.39 is 0 Å². The molecule has 2 nitrogen and oxygen atoms in total. The van der Waals surface area contributed by atoms with Crippen LogP contribution in [0.5, 0.6) is 0 Å². The van der Waals surface area contributed by atoms with Gasteiger partial charge >= 0.3 is 0 Å². The number of hydrogen-bond donors (Lipinski definition) is 1. The highest BCUT2D eigenvalue weighted by molar-refractivity contribution is 5.81. The van der Waals surface area contributed by atoms with E-state index in [2.05, 4.69) is 12.2 Å². The van der Waals surface area contributed by atoms with Crippen LogP contribution in [0.15, 0.2) is 0 Å². The maximum Gasteiger partial charge on any atom is 0.146 e. The molecule has 2 heteroatoms. The first-order chi connectivity index (χ1) is 6.20. The average molecular weight is 189 g/mol. The van der Waals surface area contributed by atoms with Crippen molar-refractivity contribution in [2.45, 2.75) is 66.5 Å². The van der Waals surface area contributed by atoms with Gasteiger partial charge in [-0.1, -0.05) is 27.7 Å². The average Bonchev–Trinajstić information content (AvgIpc) is 2.59. The third-order valence-electron chi connectivity index (χ3n) is 1.86. The second-order valence-corrected chi connectivity index (χ2v) is 2.81. The summed E-state index contributed by atoms with van der Waals surface area (Å²) in [7, 11) is 0. The summed E-state index contributed by atoms with van der Waals surface area (Å²) in [5, 5.41) is 3.20. The number of carbonyl (C=O) groups excluding carboxylic acids is 1. The second kappa shape index (κ2) is 9.72. The monoisotopic (exact) mass is 189 g/mol. The van der Waals surface area contributed by atoms with Gasteiger partial charge in [0.25, 0.3) is 0 Å². The van der Waals surface area contributed by atoms with Crippen molar-refractivity contribution in [1.82, 2.24) is 5.32 Å². The molecule has 1 aliphatic heterocycles. The van der Waals surface area contributed by atoms with Crippen LogP contribution >= 0.6 is 0 Å². The Morgan fingerprint density at radius 1 is 1.23 bits per heavy atom. The summed E-state index contributed by atoms with van der Waals surface area (Å²) in [4.78, 5) is 10.7. The fourth-order valence-corrected chi connectivity index (χ4v) is 1.25. The van der Waals surface area contributed by atoms with Crippen molar-refractivity contribution in [2.75, 3.05) is 0 Å². The van der Waals surface area contributed by atoms with Gasteiger partial charge in [-0.3, -0.25) is 4.79 Å². The Morgan fingerprint density at radius 2 is 1.69 bits per heavy atom. The third-order valence-corrected chi connectivity index (χ3v) is 1.86. The normalized spacial score (nSPS) is 25.1. The lowest BCUT2D eigenvalue weighted by molar-refractivity contribution is -0.118. The molecule has 2 atom stereocenters.